The Morgan fingerprint density at radius 2 is 2.00 bits per heavy atom. The normalized spacial score (nSPS) is 10.5. The van der Waals surface area contributed by atoms with Gasteiger partial charge in [0.1, 0.15) is 5.82 Å². The number of aromatic amines is 1. The van der Waals surface area contributed by atoms with Crippen LogP contribution in [0.4, 0.5) is 0 Å². The molecule has 0 atom stereocenters. The van der Waals surface area contributed by atoms with Gasteiger partial charge in [-0.15, -0.1) is 11.8 Å². The van der Waals surface area contributed by atoms with Gasteiger partial charge in [-0.1, -0.05) is 19.1 Å². The van der Waals surface area contributed by atoms with Crippen molar-refractivity contribution in [3.8, 4) is 11.3 Å². The lowest BCUT2D eigenvalue weighted by atomic mass is 10.2. The van der Waals surface area contributed by atoms with E-state index in [9.17, 15) is 0 Å². The van der Waals surface area contributed by atoms with Gasteiger partial charge in [0.05, 0.1) is 11.9 Å². The monoisotopic (exact) mass is 218 g/mol. The van der Waals surface area contributed by atoms with Crippen LogP contribution in [0.1, 0.15) is 12.7 Å². The highest BCUT2D eigenvalue weighted by atomic mass is 32.2. The minimum absolute atomic E-state index is 0.956. The van der Waals surface area contributed by atoms with Crippen molar-refractivity contribution in [2.24, 2.45) is 0 Å². The number of aromatic nitrogens is 2. The summed E-state index contributed by atoms with van der Waals surface area (Å²) in [5, 5.41) is 0. The third-order valence-electron chi connectivity index (χ3n) is 2.18. The summed E-state index contributed by atoms with van der Waals surface area (Å²) >= 11 is 1.86. The van der Waals surface area contributed by atoms with Gasteiger partial charge in [0.2, 0.25) is 0 Å². The maximum Gasteiger partial charge on any atom is 0.103 e. The molecule has 0 amide bonds. The molecule has 0 radical (unpaired) electrons. The molecule has 15 heavy (non-hydrogen) atoms. The van der Waals surface area contributed by atoms with E-state index in [1.165, 1.54) is 10.5 Å². The first-order chi connectivity index (χ1) is 7.29. The average molecular weight is 218 g/mol. The number of benzene rings is 1. The SMILES string of the molecule is CCSc1ccc(-c2cnc(C)[nH]2)cc1. The number of thioether (sulfide) groups is 1. The molecule has 0 aliphatic heterocycles. The fraction of sp³-hybridized carbons (Fsp3) is 0.250. The Labute approximate surface area is 94.1 Å². The second-order valence-corrected chi connectivity index (χ2v) is 4.68. The lowest BCUT2D eigenvalue weighted by Crippen LogP contribution is -1.79. The van der Waals surface area contributed by atoms with Gasteiger partial charge in [-0.2, -0.15) is 0 Å². The van der Waals surface area contributed by atoms with Gasteiger partial charge in [-0.05, 0) is 30.4 Å². The topological polar surface area (TPSA) is 28.7 Å². The molecule has 2 aromatic rings. The zero-order valence-corrected chi connectivity index (χ0v) is 9.77. The molecule has 78 valence electrons. The summed E-state index contributed by atoms with van der Waals surface area (Å²) in [5.41, 5.74) is 2.27. The number of aryl methyl sites for hydroxylation is 1. The second kappa shape index (κ2) is 4.53. The summed E-state index contributed by atoms with van der Waals surface area (Å²) in [6.45, 7) is 4.13. The molecule has 0 saturated carbocycles. The molecule has 1 N–H and O–H groups in total. The summed E-state index contributed by atoms with van der Waals surface area (Å²) < 4.78 is 0. The molecule has 3 heteroatoms. The van der Waals surface area contributed by atoms with Crippen LogP contribution in [0.2, 0.25) is 0 Å². The van der Waals surface area contributed by atoms with Gasteiger partial charge in [-0.3, -0.25) is 0 Å². The third-order valence-corrected chi connectivity index (χ3v) is 3.07. The average Bonchev–Trinajstić information content (AvgIpc) is 2.67. The minimum atomic E-state index is 0.956. The highest BCUT2D eigenvalue weighted by Crippen LogP contribution is 2.22. The number of H-pyrrole nitrogens is 1. The quantitative estimate of drug-likeness (QED) is 0.799. The highest BCUT2D eigenvalue weighted by Gasteiger charge is 2.00. The molecule has 0 spiro atoms. The van der Waals surface area contributed by atoms with E-state index < -0.39 is 0 Å². The minimum Gasteiger partial charge on any atom is -0.342 e. The molecule has 0 saturated heterocycles. The van der Waals surface area contributed by atoms with Crippen molar-refractivity contribution in [3.63, 3.8) is 0 Å². The van der Waals surface area contributed by atoms with Crippen LogP contribution in [0.25, 0.3) is 11.3 Å². The van der Waals surface area contributed by atoms with Gasteiger partial charge in [0, 0.05) is 4.90 Å². The van der Waals surface area contributed by atoms with Crippen LogP contribution in [0.5, 0.6) is 0 Å². The van der Waals surface area contributed by atoms with Crippen molar-refractivity contribution in [3.05, 3.63) is 36.3 Å². The predicted molar refractivity (Wildman–Crippen MR) is 65.2 cm³/mol. The molecular weight excluding hydrogens is 204 g/mol. The Balaban J connectivity index is 2.23. The van der Waals surface area contributed by atoms with Gasteiger partial charge in [-0.25, -0.2) is 4.98 Å². The van der Waals surface area contributed by atoms with E-state index in [4.69, 9.17) is 0 Å². The lowest BCUT2D eigenvalue weighted by Gasteiger charge is -2.00. The molecule has 0 aliphatic carbocycles. The van der Waals surface area contributed by atoms with Crippen LogP contribution in [0.3, 0.4) is 0 Å². The van der Waals surface area contributed by atoms with E-state index in [0.717, 1.165) is 17.3 Å². The second-order valence-electron chi connectivity index (χ2n) is 3.34. The Morgan fingerprint density at radius 1 is 1.27 bits per heavy atom. The molecule has 0 unspecified atom stereocenters. The summed E-state index contributed by atoms with van der Waals surface area (Å²) in [7, 11) is 0. The van der Waals surface area contributed by atoms with Gasteiger partial charge < -0.3 is 4.98 Å². The Hall–Kier alpha value is -1.22. The van der Waals surface area contributed by atoms with Crippen LogP contribution in [0, 0.1) is 6.92 Å². The van der Waals surface area contributed by atoms with Crippen molar-refractivity contribution in [1.82, 2.24) is 9.97 Å². The molecule has 1 aromatic heterocycles. The molecular formula is C12H14N2S. The molecule has 1 heterocycles. The van der Waals surface area contributed by atoms with Crippen molar-refractivity contribution >= 4 is 11.8 Å². The first-order valence-corrected chi connectivity index (χ1v) is 6.03. The molecule has 0 bridgehead atoms. The zero-order chi connectivity index (χ0) is 10.7. The standard InChI is InChI=1S/C12H14N2S/c1-3-15-11-6-4-10(5-7-11)12-8-13-9(2)14-12/h4-8H,3H2,1-2H3,(H,13,14). The Kier molecular flexibility index (Phi) is 3.11. The predicted octanol–water partition coefficient (Wildman–Crippen LogP) is 3.50. The lowest BCUT2D eigenvalue weighted by molar-refractivity contribution is 1.15. The van der Waals surface area contributed by atoms with E-state index in [0.29, 0.717) is 0 Å². The maximum absolute atomic E-state index is 4.19. The van der Waals surface area contributed by atoms with Gasteiger partial charge in [0.15, 0.2) is 0 Å². The van der Waals surface area contributed by atoms with Crippen LogP contribution in [-0.2, 0) is 0 Å². The van der Waals surface area contributed by atoms with Crippen LogP contribution >= 0.6 is 11.8 Å². The highest BCUT2D eigenvalue weighted by molar-refractivity contribution is 7.99. The number of hydrogen-bond donors (Lipinski definition) is 1. The van der Waals surface area contributed by atoms with E-state index in [1.807, 2.05) is 24.9 Å². The third kappa shape index (κ3) is 2.42. The summed E-state index contributed by atoms with van der Waals surface area (Å²) in [6.07, 6.45) is 1.87. The smallest absolute Gasteiger partial charge is 0.103 e. The number of nitrogens with one attached hydrogen (secondary N) is 1. The zero-order valence-electron chi connectivity index (χ0n) is 8.95. The summed E-state index contributed by atoms with van der Waals surface area (Å²) in [4.78, 5) is 8.73. The van der Waals surface area contributed by atoms with Crippen molar-refractivity contribution in [2.75, 3.05) is 5.75 Å². The number of hydrogen-bond acceptors (Lipinski definition) is 2. The fourth-order valence-electron chi connectivity index (χ4n) is 1.46. The summed E-state index contributed by atoms with van der Waals surface area (Å²) in [6, 6.07) is 8.56. The van der Waals surface area contributed by atoms with Crippen molar-refractivity contribution in [2.45, 2.75) is 18.7 Å². The van der Waals surface area contributed by atoms with Crippen LogP contribution in [-0.4, -0.2) is 15.7 Å². The molecule has 1 aromatic carbocycles. The first-order valence-electron chi connectivity index (χ1n) is 5.04. The fourth-order valence-corrected chi connectivity index (χ4v) is 2.13. The van der Waals surface area contributed by atoms with Crippen LogP contribution in [0.15, 0.2) is 35.4 Å². The molecule has 0 fully saturated rings. The number of nitrogens with zero attached hydrogens (tertiary/aromatic N) is 1. The largest absolute Gasteiger partial charge is 0.342 e. The molecule has 2 nitrogen and oxygen atoms in total. The van der Waals surface area contributed by atoms with E-state index in [2.05, 4.69) is 41.2 Å². The van der Waals surface area contributed by atoms with Gasteiger partial charge >= 0.3 is 0 Å². The Morgan fingerprint density at radius 3 is 2.53 bits per heavy atom. The van der Waals surface area contributed by atoms with E-state index >= 15 is 0 Å². The van der Waals surface area contributed by atoms with E-state index in [1.54, 1.807) is 0 Å². The molecule has 2 rings (SSSR count). The Bertz CT molecular complexity index is 431. The van der Waals surface area contributed by atoms with Crippen molar-refractivity contribution in [1.29, 1.82) is 0 Å². The first kappa shape index (κ1) is 10.3. The number of rotatable bonds is 3. The number of imidazole rings is 1. The summed E-state index contributed by atoms with van der Waals surface area (Å²) in [5.74, 6) is 2.07. The van der Waals surface area contributed by atoms with E-state index in [-0.39, 0.29) is 0 Å². The molecule has 0 aliphatic rings. The maximum atomic E-state index is 4.19. The van der Waals surface area contributed by atoms with Gasteiger partial charge in [0.25, 0.3) is 0 Å². The van der Waals surface area contributed by atoms with Crippen molar-refractivity contribution < 1.29 is 0 Å². The van der Waals surface area contributed by atoms with Crippen LogP contribution < -0.4 is 0 Å².